The van der Waals surface area contributed by atoms with Gasteiger partial charge >= 0.3 is 0 Å². The molecule has 116 valence electrons. The molecule has 0 radical (unpaired) electrons. The van der Waals surface area contributed by atoms with Crippen LogP contribution in [0.4, 0.5) is 0 Å². The number of fused-ring (bicyclic) bond motifs is 3. The number of Topliss-reactive ketones (excluding diaryl/α,β-unsaturated/α-hetero) is 2. The maximum atomic E-state index is 12.6. The van der Waals surface area contributed by atoms with Crippen LogP contribution in [0.1, 0.15) is 31.8 Å². The lowest BCUT2D eigenvalue weighted by Crippen LogP contribution is -2.21. The average Bonchev–Trinajstić information content (AvgIpc) is 2.60. The van der Waals surface area contributed by atoms with Crippen LogP contribution in [0.2, 0.25) is 0 Å². The normalized spacial score (nSPS) is 12.8. The molecule has 2 nitrogen and oxygen atoms in total. The number of benzene rings is 3. The van der Waals surface area contributed by atoms with Crippen LogP contribution in [-0.2, 0) is 0 Å². The van der Waals surface area contributed by atoms with E-state index in [2.05, 4.69) is 0 Å². The highest BCUT2D eigenvalue weighted by molar-refractivity contribution is 6.53. The Hall–Kier alpha value is -3.00. The number of rotatable bonds is 1. The lowest BCUT2D eigenvalue weighted by Gasteiger charge is -2.19. The lowest BCUT2D eigenvalue weighted by atomic mass is 9.82. The fraction of sp³-hybridized carbons (Fsp3) is 0.0909. The van der Waals surface area contributed by atoms with Gasteiger partial charge in [0.2, 0.25) is 11.6 Å². The van der Waals surface area contributed by atoms with Gasteiger partial charge in [0, 0.05) is 11.1 Å². The molecule has 24 heavy (non-hydrogen) atoms. The molecule has 2 heteroatoms. The maximum Gasteiger partial charge on any atom is 0.234 e. The molecule has 0 bridgehead atoms. The van der Waals surface area contributed by atoms with E-state index in [4.69, 9.17) is 0 Å². The molecule has 3 aromatic carbocycles. The van der Waals surface area contributed by atoms with Crippen LogP contribution in [0.25, 0.3) is 22.3 Å². The predicted molar refractivity (Wildman–Crippen MR) is 95.4 cm³/mol. The summed E-state index contributed by atoms with van der Waals surface area (Å²) < 4.78 is 0. The maximum absolute atomic E-state index is 12.6. The van der Waals surface area contributed by atoms with Gasteiger partial charge in [-0.25, -0.2) is 0 Å². The first kappa shape index (κ1) is 14.6. The Balaban J connectivity index is 1.91. The van der Waals surface area contributed by atoms with E-state index < -0.39 is 11.6 Å². The lowest BCUT2D eigenvalue weighted by molar-refractivity contribution is 0.0815. The van der Waals surface area contributed by atoms with Crippen LogP contribution in [0.15, 0.2) is 60.7 Å². The highest BCUT2D eigenvalue weighted by Gasteiger charge is 2.30. The summed E-state index contributed by atoms with van der Waals surface area (Å²) in [6.45, 7) is 3.96. The second-order valence-electron chi connectivity index (χ2n) is 6.33. The summed E-state index contributed by atoms with van der Waals surface area (Å²) in [5.41, 5.74) is 6.84. The van der Waals surface area contributed by atoms with Crippen LogP contribution in [-0.4, -0.2) is 11.6 Å². The molecule has 0 amide bonds. The minimum absolute atomic E-state index is 0.415. The first-order chi connectivity index (χ1) is 11.5. The van der Waals surface area contributed by atoms with Gasteiger partial charge in [-0.3, -0.25) is 9.59 Å². The fourth-order valence-electron chi connectivity index (χ4n) is 3.22. The Morgan fingerprint density at radius 2 is 1.00 bits per heavy atom. The second-order valence-corrected chi connectivity index (χ2v) is 6.33. The standard InChI is InChI=1S/C22H16O2/c1-13-3-6-15(7-4-13)16-8-10-18-17-9-5-14(2)11-19(17)21(23)22(24)20(18)12-16/h3-12H,1-2H3. The van der Waals surface area contributed by atoms with E-state index in [-0.39, 0.29) is 0 Å². The molecule has 0 fully saturated rings. The van der Waals surface area contributed by atoms with Crippen LogP contribution in [0, 0.1) is 13.8 Å². The van der Waals surface area contributed by atoms with E-state index in [1.165, 1.54) is 5.56 Å². The summed E-state index contributed by atoms with van der Waals surface area (Å²) in [7, 11) is 0. The third-order valence-electron chi connectivity index (χ3n) is 4.57. The molecule has 4 rings (SSSR count). The highest BCUT2D eigenvalue weighted by Crippen LogP contribution is 2.36. The third-order valence-corrected chi connectivity index (χ3v) is 4.57. The Labute approximate surface area is 140 Å². The number of carbonyl (C=O) groups is 2. The zero-order valence-electron chi connectivity index (χ0n) is 13.6. The predicted octanol–water partition coefficient (Wildman–Crippen LogP) is 5.02. The van der Waals surface area contributed by atoms with Crippen LogP contribution < -0.4 is 0 Å². The summed E-state index contributed by atoms with van der Waals surface area (Å²) in [5, 5.41) is 0. The molecule has 1 aliphatic carbocycles. The van der Waals surface area contributed by atoms with Crippen molar-refractivity contribution in [3.63, 3.8) is 0 Å². The Morgan fingerprint density at radius 3 is 1.67 bits per heavy atom. The van der Waals surface area contributed by atoms with Crippen molar-refractivity contribution in [2.24, 2.45) is 0 Å². The quantitative estimate of drug-likeness (QED) is 0.591. The molecule has 0 N–H and O–H groups in total. The third kappa shape index (κ3) is 2.19. The van der Waals surface area contributed by atoms with Gasteiger partial charge in [0.05, 0.1) is 0 Å². The van der Waals surface area contributed by atoms with E-state index in [1.54, 1.807) is 6.07 Å². The van der Waals surface area contributed by atoms with Gasteiger partial charge in [-0.05, 0) is 48.2 Å². The summed E-state index contributed by atoms with van der Waals surface area (Å²) in [6.07, 6.45) is 0. The first-order valence-electron chi connectivity index (χ1n) is 7.96. The molecule has 0 saturated heterocycles. The second kappa shape index (κ2) is 5.27. The Kier molecular flexibility index (Phi) is 3.20. The van der Waals surface area contributed by atoms with Gasteiger partial charge in [0.1, 0.15) is 0 Å². The number of hydrogen-bond donors (Lipinski definition) is 0. The average molecular weight is 312 g/mol. The molecule has 0 saturated carbocycles. The number of aryl methyl sites for hydroxylation is 2. The van der Waals surface area contributed by atoms with Crippen molar-refractivity contribution in [1.82, 2.24) is 0 Å². The van der Waals surface area contributed by atoms with Gasteiger partial charge in [0.15, 0.2) is 0 Å². The fourth-order valence-corrected chi connectivity index (χ4v) is 3.22. The van der Waals surface area contributed by atoms with Crippen LogP contribution >= 0.6 is 0 Å². The van der Waals surface area contributed by atoms with E-state index in [9.17, 15) is 9.59 Å². The van der Waals surface area contributed by atoms with Gasteiger partial charge in [-0.1, -0.05) is 59.7 Å². The van der Waals surface area contributed by atoms with Crippen molar-refractivity contribution in [2.45, 2.75) is 13.8 Å². The topological polar surface area (TPSA) is 34.1 Å². The molecular weight excluding hydrogens is 296 g/mol. The van der Waals surface area contributed by atoms with E-state index in [0.29, 0.717) is 11.1 Å². The SMILES string of the molecule is Cc1ccc(-c2ccc3c(c2)C(=O)C(=O)c2cc(C)ccc2-3)cc1. The Morgan fingerprint density at radius 1 is 0.500 bits per heavy atom. The van der Waals surface area contributed by atoms with Crippen LogP contribution in [0.3, 0.4) is 0 Å². The molecule has 3 aromatic rings. The van der Waals surface area contributed by atoms with Crippen molar-refractivity contribution >= 4 is 11.6 Å². The minimum atomic E-state index is -0.419. The van der Waals surface area contributed by atoms with E-state index in [1.807, 2.05) is 68.4 Å². The smallest absolute Gasteiger partial charge is 0.234 e. The molecule has 0 unspecified atom stereocenters. The van der Waals surface area contributed by atoms with Gasteiger partial charge < -0.3 is 0 Å². The van der Waals surface area contributed by atoms with E-state index >= 15 is 0 Å². The summed E-state index contributed by atoms with van der Waals surface area (Å²) in [5.74, 6) is -0.834. The highest BCUT2D eigenvalue weighted by atomic mass is 16.2. The van der Waals surface area contributed by atoms with Crippen molar-refractivity contribution in [3.8, 4) is 22.3 Å². The molecule has 0 atom stereocenters. The molecule has 1 aliphatic rings. The summed E-state index contributed by atoms with van der Waals surface area (Å²) in [6, 6.07) is 19.6. The molecule has 0 heterocycles. The molecule has 0 aliphatic heterocycles. The molecule has 0 aromatic heterocycles. The van der Waals surface area contributed by atoms with Gasteiger partial charge in [-0.2, -0.15) is 0 Å². The number of hydrogen-bond acceptors (Lipinski definition) is 2. The van der Waals surface area contributed by atoms with Crippen LogP contribution in [0.5, 0.6) is 0 Å². The number of carbonyl (C=O) groups excluding carboxylic acids is 2. The van der Waals surface area contributed by atoms with Crippen molar-refractivity contribution in [1.29, 1.82) is 0 Å². The Bertz CT molecular complexity index is 995. The first-order valence-corrected chi connectivity index (χ1v) is 7.96. The summed E-state index contributed by atoms with van der Waals surface area (Å²) >= 11 is 0. The zero-order chi connectivity index (χ0) is 16.8. The largest absolute Gasteiger partial charge is 0.285 e. The monoisotopic (exact) mass is 312 g/mol. The number of ketones is 2. The molecular formula is C22H16O2. The van der Waals surface area contributed by atoms with Crippen molar-refractivity contribution in [3.05, 3.63) is 82.9 Å². The van der Waals surface area contributed by atoms with Gasteiger partial charge in [0.25, 0.3) is 0 Å². The minimum Gasteiger partial charge on any atom is -0.285 e. The van der Waals surface area contributed by atoms with Gasteiger partial charge in [-0.15, -0.1) is 0 Å². The van der Waals surface area contributed by atoms with Crippen molar-refractivity contribution in [2.75, 3.05) is 0 Å². The zero-order valence-corrected chi connectivity index (χ0v) is 13.6. The molecule has 0 spiro atoms. The van der Waals surface area contributed by atoms with E-state index in [0.717, 1.165) is 27.8 Å². The summed E-state index contributed by atoms with van der Waals surface area (Å²) in [4.78, 5) is 25.1. The van der Waals surface area contributed by atoms with Crippen molar-refractivity contribution < 1.29 is 9.59 Å².